The summed E-state index contributed by atoms with van der Waals surface area (Å²) in [6.07, 6.45) is 17.2. The lowest BCUT2D eigenvalue weighted by molar-refractivity contribution is 0.0371. The summed E-state index contributed by atoms with van der Waals surface area (Å²) in [6.45, 7) is 11.9. The number of unbranched alkanes of at least 4 members (excludes halogenated alkanes) is 4. The van der Waals surface area contributed by atoms with Gasteiger partial charge in [0.1, 0.15) is 17.2 Å². The Morgan fingerprint density at radius 3 is 1.87 bits per heavy atom. The summed E-state index contributed by atoms with van der Waals surface area (Å²) in [5, 5.41) is 15.4. The van der Waals surface area contributed by atoms with Gasteiger partial charge < -0.3 is 24.1 Å². The highest BCUT2D eigenvalue weighted by molar-refractivity contribution is 6.13. The molecule has 8 nitrogen and oxygen atoms in total. The summed E-state index contributed by atoms with van der Waals surface area (Å²) in [5.41, 5.74) is 3.83. The number of aromatic hydroxyl groups is 1. The third kappa shape index (κ3) is 13.3. The van der Waals surface area contributed by atoms with Crippen LogP contribution < -0.4 is 9.47 Å². The van der Waals surface area contributed by atoms with Crippen molar-refractivity contribution in [2.24, 2.45) is 4.99 Å². The van der Waals surface area contributed by atoms with E-state index in [4.69, 9.17) is 23.9 Å². The number of hydrogen-bond acceptors (Lipinski definition) is 8. The Kier molecular flexibility index (Phi) is 17.0. The van der Waals surface area contributed by atoms with Crippen LogP contribution in [0.5, 0.6) is 17.2 Å². The number of benzene rings is 5. The number of rotatable bonds is 22. The van der Waals surface area contributed by atoms with E-state index in [9.17, 15) is 5.11 Å². The molecular formula is C52H63N3O5. The highest BCUT2D eigenvalue weighted by Gasteiger charge is 2.12. The number of hydrogen-bond donors (Lipinski definition) is 1. The van der Waals surface area contributed by atoms with Gasteiger partial charge in [-0.05, 0) is 122 Å². The van der Waals surface area contributed by atoms with Crippen LogP contribution in [0, 0.1) is 0 Å². The summed E-state index contributed by atoms with van der Waals surface area (Å²) < 4.78 is 23.2. The molecule has 2 aliphatic heterocycles. The van der Waals surface area contributed by atoms with Crippen LogP contribution in [0.1, 0.15) is 68.1 Å². The fourth-order valence-electron chi connectivity index (χ4n) is 7.89. The molecule has 5 aromatic rings. The second-order valence-electron chi connectivity index (χ2n) is 15.8. The zero-order chi connectivity index (χ0) is 41.0. The third-order valence-corrected chi connectivity index (χ3v) is 11.4. The second kappa shape index (κ2) is 23.7. The number of aliphatic imine (C=N–C) groups is 1. The number of fused-ring (bicyclic) bond motifs is 2. The van der Waals surface area contributed by atoms with Gasteiger partial charge in [0.25, 0.3) is 0 Å². The molecule has 0 radical (unpaired) electrons. The van der Waals surface area contributed by atoms with Crippen LogP contribution in [0.4, 0.5) is 0 Å². The Balaban J connectivity index is 0.927. The maximum Gasteiger partial charge on any atom is 0.130 e. The number of ether oxygens (including phenoxy) is 4. The molecular weight excluding hydrogens is 747 g/mol. The predicted molar refractivity (Wildman–Crippen MR) is 247 cm³/mol. The molecule has 2 aliphatic rings. The molecule has 316 valence electrons. The van der Waals surface area contributed by atoms with Crippen LogP contribution in [0.3, 0.4) is 0 Å². The average molecular weight is 810 g/mol. The van der Waals surface area contributed by atoms with E-state index in [1.165, 1.54) is 31.2 Å². The number of morpholine rings is 2. The zero-order valence-electron chi connectivity index (χ0n) is 35.3. The van der Waals surface area contributed by atoms with Crippen molar-refractivity contribution in [3.63, 3.8) is 0 Å². The van der Waals surface area contributed by atoms with E-state index in [0.29, 0.717) is 18.9 Å². The summed E-state index contributed by atoms with van der Waals surface area (Å²) in [6, 6.07) is 33.2. The molecule has 7 rings (SSSR count). The van der Waals surface area contributed by atoms with E-state index in [1.54, 1.807) is 0 Å². The molecule has 0 bridgehead atoms. The van der Waals surface area contributed by atoms with Crippen molar-refractivity contribution < 1.29 is 24.1 Å². The van der Waals surface area contributed by atoms with Crippen LogP contribution in [0.2, 0.25) is 0 Å². The number of nitrogens with zero attached hydrogens (tertiary/aromatic N) is 3. The number of allylic oxidation sites excluding steroid dienone is 1. The second-order valence-corrected chi connectivity index (χ2v) is 15.8. The van der Waals surface area contributed by atoms with Crippen molar-refractivity contribution in [2.75, 3.05) is 85.5 Å². The molecule has 8 heteroatoms. The maximum absolute atomic E-state index is 11.2. The Bertz CT molecular complexity index is 2130. The highest BCUT2D eigenvalue weighted by Crippen LogP contribution is 2.33. The fourth-order valence-corrected chi connectivity index (χ4v) is 7.89. The molecule has 2 fully saturated rings. The minimum absolute atomic E-state index is 0.308. The van der Waals surface area contributed by atoms with Crippen LogP contribution in [0.25, 0.3) is 27.6 Å². The van der Waals surface area contributed by atoms with Crippen molar-refractivity contribution in [1.82, 2.24) is 9.80 Å². The lowest BCUT2D eigenvalue weighted by Crippen LogP contribution is -2.36. The van der Waals surface area contributed by atoms with Gasteiger partial charge in [-0.1, -0.05) is 73.5 Å². The molecule has 0 saturated carbocycles. The minimum atomic E-state index is 0.308. The first-order chi connectivity index (χ1) is 29.7. The minimum Gasteiger partial charge on any atom is -0.507 e. The molecule has 60 heavy (non-hydrogen) atoms. The summed E-state index contributed by atoms with van der Waals surface area (Å²) in [5.74, 6) is 2.06. The first-order valence-corrected chi connectivity index (χ1v) is 22.3. The van der Waals surface area contributed by atoms with E-state index in [1.807, 2.05) is 36.4 Å². The van der Waals surface area contributed by atoms with Crippen molar-refractivity contribution in [1.29, 1.82) is 0 Å². The molecule has 2 saturated heterocycles. The van der Waals surface area contributed by atoms with Crippen molar-refractivity contribution in [3.05, 3.63) is 132 Å². The van der Waals surface area contributed by atoms with E-state index in [-0.39, 0.29) is 0 Å². The Hall–Kier alpha value is -4.99. The SMILES string of the molecule is Oc1c(/C=C\CCN=C(c2ccc(OCCC/C=C/CCN3CCOCC3)cc2)c2ccc(OCCCCCCN3CCOCC3)cc2)ccc2cc3ccccc3cc12. The van der Waals surface area contributed by atoms with Crippen LogP contribution in [-0.4, -0.2) is 106 Å². The van der Waals surface area contributed by atoms with Crippen LogP contribution in [-0.2, 0) is 9.47 Å². The van der Waals surface area contributed by atoms with Crippen LogP contribution in [0.15, 0.2) is 120 Å². The van der Waals surface area contributed by atoms with Crippen molar-refractivity contribution >= 4 is 33.3 Å². The van der Waals surface area contributed by atoms with E-state index in [0.717, 1.165) is 148 Å². The van der Waals surface area contributed by atoms with Crippen molar-refractivity contribution in [3.8, 4) is 17.2 Å². The lowest BCUT2D eigenvalue weighted by Gasteiger charge is -2.26. The lowest BCUT2D eigenvalue weighted by atomic mass is 10.00. The Morgan fingerprint density at radius 2 is 1.18 bits per heavy atom. The number of phenols is 1. The molecule has 5 aromatic carbocycles. The highest BCUT2D eigenvalue weighted by atomic mass is 16.5. The van der Waals surface area contributed by atoms with Gasteiger partial charge in [-0.3, -0.25) is 14.8 Å². The molecule has 0 atom stereocenters. The molecule has 0 aromatic heterocycles. The molecule has 0 aliphatic carbocycles. The zero-order valence-corrected chi connectivity index (χ0v) is 35.3. The quantitative estimate of drug-likeness (QED) is 0.0323. The fraction of sp³-hybridized carbons (Fsp3) is 0.404. The van der Waals surface area contributed by atoms with Gasteiger partial charge in [-0.2, -0.15) is 0 Å². The van der Waals surface area contributed by atoms with E-state index >= 15 is 0 Å². The molecule has 0 amide bonds. The van der Waals surface area contributed by atoms with Gasteiger partial charge in [0.2, 0.25) is 0 Å². The Labute approximate surface area is 357 Å². The van der Waals surface area contributed by atoms with Gasteiger partial charge >= 0.3 is 0 Å². The first kappa shape index (κ1) is 43.1. The summed E-state index contributed by atoms with van der Waals surface area (Å²) >= 11 is 0. The topological polar surface area (TPSA) is 76.0 Å². The molecule has 0 unspecified atom stereocenters. The monoisotopic (exact) mass is 809 g/mol. The van der Waals surface area contributed by atoms with Crippen molar-refractivity contribution in [2.45, 2.75) is 51.4 Å². The van der Waals surface area contributed by atoms with Gasteiger partial charge in [0.15, 0.2) is 0 Å². The third-order valence-electron chi connectivity index (χ3n) is 11.4. The van der Waals surface area contributed by atoms with E-state index in [2.05, 4.69) is 94.8 Å². The van der Waals surface area contributed by atoms with Gasteiger partial charge in [0, 0.05) is 61.3 Å². The first-order valence-electron chi connectivity index (χ1n) is 22.3. The average Bonchev–Trinajstić information content (AvgIpc) is 3.29. The predicted octanol–water partition coefficient (Wildman–Crippen LogP) is 10.3. The summed E-state index contributed by atoms with van der Waals surface area (Å²) in [4.78, 5) is 10.1. The van der Waals surface area contributed by atoms with Gasteiger partial charge in [0.05, 0.1) is 45.4 Å². The number of phenolic OH excluding ortho intramolecular Hbond substituents is 1. The normalized spacial score (nSPS) is 15.8. The molecule has 2 heterocycles. The van der Waals surface area contributed by atoms with E-state index < -0.39 is 0 Å². The molecule has 0 spiro atoms. The summed E-state index contributed by atoms with van der Waals surface area (Å²) in [7, 11) is 0. The van der Waals surface area contributed by atoms with Gasteiger partial charge in [-0.15, -0.1) is 0 Å². The largest absolute Gasteiger partial charge is 0.507 e. The standard InChI is InChI=1S/C52H63N3O5/c56-52-44(17-18-47-40-45-15-6-7-16-46(45)41-50(47)52)14-8-9-27-53-51(43-21-25-49(26-22-43)60-35-13-5-3-11-29-55-32-38-58-39-33-55)42-19-23-48(24-20-42)59-34-12-4-1-2-10-28-54-30-36-57-37-31-54/h1-2,6-8,14-26,40-41,56H,3-5,9-13,27-39H2/b2-1+,14-8-,53-51?. The Morgan fingerprint density at radius 1 is 0.583 bits per heavy atom. The molecule has 1 N–H and O–H groups in total. The van der Waals surface area contributed by atoms with Crippen LogP contribution >= 0.6 is 0 Å². The van der Waals surface area contributed by atoms with Gasteiger partial charge in [-0.25, -0.2) is 0 Å². The maximum atomic E-state index is 11.2. The smallest absolute Gasteiger partial charge is 0.130 e.